The first-order valence-corrected chi connectivity index (χ1v) is 8.23. The van der Waals surface area contributed by atoms with Gasteiger partial charge in [0.05, 0.1) is 5.56 Å². The lowest BCUT2D eigenvalue weighted by molar-refractivity contribution is 0.0953. The number of amides is 1. The molecule has 0 aliphatic rings. The minimum atomic E-state index is 0.00839. The molecular weight excluding hydrogens is 256 g/mol. The van der Waals surface area contributed by atoms with E-state index in [0.717, 1.165) is 18.7 Å². The Balaban J connectivity index is 2.24. The minimum absolute atomic E-state index is 0.00839. The Kier molecular flexibility index (Phi) is 8.14. The molecule has 0 saturated carbocycles. The van der Waals surface area contributed by atoms with Crippen LogP contribution in [0.25, 0.3) is 0 Å². The van der Waals surface area contributed by atoms with E-state index in [-0.39, 0.29) is 5.91 Å². The van der Waals surface area contributed by atoms with Gasteiger partial charge in [-0.2, -0.15) is 11.8 Å². The summed E-state index contributed by atoms with van der Waals surface area (Å²) in [6.07, 6.45) is 6.91. The van der Waals surface area contributed by atoms with Gasteiger partial charge < -0.3 is 10.6 Å². The van der Waals surface area contributed by atoms with Crippen molar-refractivity contribution in [1.82, 2.24) is 5.32 Å². The molecule has 0 saturated heterocycles. The summed E-state index contributed by atoms with van der Waals surface area (Å²) >= 11 is 1.89. The number of benzene rings is 1. The summed E-state index contributed by atoms with van der Waals surface area (Å²) in [5.41, 5.74) is 1.59. The van der Waals surface area contributed by atoms with E-state index in [0.29, 0.717) is 5.56 Å². The van der Waals surface area contributed by atoms with Gasteiger partial charge in [-0.3, -0.25) is 4.79 Å². The molecule has 1 amide bonds. The predicted molar refractivity (Wildman–Crippen MR) is 85.2 cm³/mol. The summed E-state index contributed by atoms with van der Waals surface area (Å²) in [5.74, 6) is 1.25. The van der Waals surface area contributed by atoms with Crippen LogP contribution in [0.1, 0.15) is 36.0 Å². The van der Waals surface area contributed by atoms with Crippen LogP contribution in [0.5, 0.6) is 0 Å². The molecule has 0 aliphatic heterocycles. The Labute approximate surface area is 120 Å². The zero-order valence-electron chi connectivity index (χ0n) is 11.9. The maximum atomic E-state index is 12.0. The van der Waals surface area contributed by atoms with Crippen molar-refractivity contribution in [3.05, 3.63) is 29.8 Å². The van der Waals surface area contributed by atoms with Crippen molar-refractivity contribution in [2.45, 2.75) is 25.7 Å². The number of anilines is 1. The highest BCUT2D eigenvalue weighted by atomic mass is 32.2. The summed E-state index contributed by atoms with van der Waals surface area (Å²) in [6, 6.07) is 7.57. The number of nitrogens with one attached hydrogen (secondary N) is 2. The van der Waals surface area contributed by atoms with Crippen LogP contribution in [-0.4, -0.2) is 31.5 Å². The molecule has 1 aromatic carbocycles. The second-order valence-electron chi connectivity index (χ2n) is 4.46. The molecule has 2 N–H and O–H groups in total. The van der Waals surface area contributed by atoms with Gasteiger partial charge in [-0.25, -0.2) is 0 Å². The average Bonchev–Trinajstić information content (AvgIpc) is 2.46. The van der Waals surface area contributed by atoms with Gasteiger partial charge in [0, 0.05) is 19.3 Å². The van der Waals surface area contributed by atoms with Gasteiger partial charge in [-0.15, -0.1) is 0 Å². The minimum Gasteiger partial charge on any atom is -0.387 e. The van der Waals surface area contributed by atoms with Gasteiger partial charge >= 0.3 is 0 Å². The number of thioether (sulfide) groups is 1. The lowest BCUT2D eigenvalue weighted by Crippen LogP contribution is -2.25. The van der Waals surface area contributed by atoms with Crippen molar-refractivity contribution in [1.29, 1.82) is 0 Å². The van der Waals surface area contributed by atoms with E-state index >= 15 is 0 Å². The summed E-state index contributed by atoms with van der Waals surface area (Å²) in [7, 11) is 1.83. The molecule has 106 valence electrons. The first-order valence-electron chi connectivity index (χ1n) is 6.83. The SMILES string of the molecule is CNc1ccccc1C(=O)NCCCCCCSC. The quantitative estimate of drug-likeness (QED) is 0.681. The number of carbonyl (C=O) groups is 1. The van der Waals surface area contributed by atoms with Crippen LogP contribution >= 0.6 is 11.8 Å². The molecule has 0 aliphatic carbocycles. The number of carbonyl (C=O) groups excluding carboxylic acids is 1. The summed E-state index contributed by atoms with van der Waals surface area (Å²) in [5, 5.41) is 6.02. The number of hydrogen-bond acceptors (Lipinski definition) is 3. The Morgan fingerprint density at radius 1 is 1.16 bits per heavy atom. The second-order valence-corrected chi connectivity index (χ2v) is 5.44. The Hall–Kier alpha value is -1.16. The van der Waals surface area contributed by atoms with Gasteiger partial charge in [0.2, 0.25) is 0 Å². The first kappa shape index (κ1) is 15.9. The average molecular weight is 280 g/mol. The van der Waals surface area contributed by atoms with E-state index < -0.39 is 0 Å². The normalized spacial score (nSPS) is 10.2. The fraction of sp³-hybridized carbons (Fsp3) is 0.533. The fourth-order valence-corrected chi connectivity index (χ4v) is 2.41. The third-order valence-corrected chi connectivity index (χ3v) is 3.70. The number of unbranched alkanes of at least 4 members (excludes halogenated alkanes) is 3. The molecule has 0 unspecified atom stereocenters. The molecule has 1 rings (SSSR count). The number of para-hydroxylation sites is 1. The number of rotatable bonds is 9. The van der Waals surface area contributed by atoms with E-state index in [1.54, 1.807) is 0 Å². The summed E-state index contributed by atoms with van der Waals surface area (Å²) in [6.45, 7) is 0.760. The van der Waals surface area contributed by atoms with Crippen LogP contribution in [0.3, 0.4) is 0 Å². The molecule has 0 radical (unpaired) electrons. The monoisotopic (exact) mass is 280 g/mol. The van der Waals surface area contributed by atoms with Gasteiger partial charge in [0.1, 0.15) is 0 Å². The summed E-state index contributed by atoms with van der Waals surface area (Å²) < 4.78 is 0. The molecule has 0 aromatic heterocycles. The van der Waals surface area contributed by atoms with Crippen molar-refractivity contribution < 1.29 is 4.79 Å². The van der Waals surface area contributed by atoms with Crippen LogP contribution in [0.4, 0.5) is 5.69 Å². The molecule has 3 nitrogen and oxygen atoms in total. The van der Waals surface area contributed by atoms with Gasteiger partial charge in [0.25, 0.3) is 5.91 Å². The van der Waals surface area contributed by atoms with Crippen LogP contribution in [0, 0.1) is 0 Å². The van der Waals surface area contributed by atoms with Crippen molar-refractivity contribution in [3.8, 4) is 0 Å². The van der Waals surface area contributed by atoms with Gasteiger partial charge in [-0.05, 0) is 37.0 Å². The van der Waals surface area contributed by atoms with Crippen molar-refractivity contribution in [2.24, 2.45) is 0 Å². The van der Waals surface area contributed by atoms with Crippen LogP contribution in [-0.2, 0) is 0 Å². The van der Waals surface area contributed by atoms with Gasteiger partial charge in [-0.1, -0.05) is 25.0 Å². The van der Waals surface area contributed by atoms with Crippen LogP contribution in [0.2, 0.25) is 0 Å². The highest BCUT2D eigenvalue weighted by Gasteiger charge is 2.08. The van der Waals surface area contributed by atoms with E-state index in [1.165, 1.54) is 25.0 Å². The van der Waals surface area contributed by atoms with Crippen LogP contribution < -0.4 is 10.6 Å². The lowest BCUT2D eigenvalue weighted by atomic mass is 10.1. The second kappa shape index (κ2) is 9.73. The Morgan fingerprint density at radius 2 is 1.89 bits per heavy atom. The van der Waals surface area contributed by atoms with Gasteiger partial charge in [0.15, 0.2) is 0 Å². The Morgan fingerprint density at radius 3 is 2.63 bits per heavy atom. The van der Waals surface area contributed by atoms with Crippen molar-refractivity contribution >= 4 is 23.4 Å². The zero-order chi connectivity index (χ0) is 13.9. The molecule has 0 bridgehead atoms. The molecule has 19 heavy (non-hydrogen) atoms. The largest absolute Gasteiger partial charge is 0.387 e. The highest BCUT2D eigenvalue weighted by molar-refractivity contribution is 7.98. The maximum absolute atomic E-state index is 12.0. The Bertz CT molecular complexity index is 382. The smallest absolute Gasteiger partial charge is 0.253 e. The fourth-order valence-electron chi connectivity index (χ4n) is 1.92. The van der Waals surface area contributed by atoms with E-state index in [9.17, 15) is 4.79 Å². The molecular formula is C15H24N2OS. The zero-order valence-corrected chi connectivity index (χ0v) is 12.7. The molecule has 0 spiro atoms. The third kappa shape index (κ3) is 6.01. The molecule has 1 aromatic rings. The van der Waals surface area contributed by atoms with Crippen LogP contribution in [0.15, 0.2) is 24.3 Å². The van der Waals surface area contributed by atoms with Crippen molar-refractivity contribution in [3.63, 3.8) is 0 Å². The highest BCUT2D eigenvalue weighted by Crippen LogP contribution is 2.13. The molecule has 0 atom stereocenters. The molecule has 0 heterocycles. The third-order valence-electron chi connectivity index (χ3n) is 3.00. The molecule has 0 fully saturated rings. The van der Waals surface area contributed by atoms with E-state index in [1.807, 2.05) is 43.1 Å². The maximum Gasteiger partial charge on any atom is 0.253 e. The molecule has 4 heteroatoms. The van der Waals surface area contributed by atoms with E-state index in [4.69, 9.17) is 0 Å². The topological polar surface area (TPSA) is 41.1 Å². The van der Waals surface area contributed by atoms with E-state index in [2.05, 4.69) is 16.9 Å². The first-order chi connectivity index (χ1) is 9.29. The predicted octanol–water partition coefficient (Wildman–Crippen LogP) is 3.38. The van der Waals surface area contributed by atoms with Crippen molar-refractivity contribution in [2.75, 3.05) is 30.9 Å². The standard InChI is InChI=1S/C15H24N2OS/c1-16-14-10-6-5-9-13(14)15(18)17-11-7-3-4-8-12-19-2/h5-6,9-10,16H,3-4,7-8,11-12H2,1-2H3,(H,17,18). The lowest BCUT2D eigenvalue weighted by Gasteiger charge is -2.09. The number of hydrogen-bond donors (Lipinski definition) is 2. The summed E-state index contributed by atoms with van der Waals surface area (Å²) in [4.78, 5) is 12.0.